The van der Waals surface area contributed by atoms with Gasteiger partial charge in [0, 0.05) is 0 Å². The highest BCUT2D eigenvalue weighted by atomic mass is 16.5. The lowest BCUT2D eigenvalue weighted by Crippen LogP contribution is -2.26. The lowest BCUT2D eigenvalue weighted by Gasteiger charge is -2.38. The Morgan fingerprint density at radius 2 is 1.26 bits per heavy atom. The molecule has 2 nitrogen and oxygen atoms in total. The van der Waals surface area contributed by atoms with Crippen LogP contribution in [0.3, 0.4) is 0 Å². The number of hydrogen-bond donors (Lipinski definition) is 0. The fourth-order valence-electron chi connectivity index (χ4n) is 7.47. The van der Waals surface area contributed by atoms with Crippen LogP contribution in [0.4, 0.5) is 0 Å². The minimum atomic E-state index is -0.00384. The van der Waals surface area contributed by atoms with Crippen molar-refractivity contribution in [3.05, 3.63) is 29.8 Å². The average molecular weight is 467 g/mol. The second kappa shape index (κ2) is 13.1. The van der Waals surface area contributed by atoms with Crippen molar-refractivity contribution in [3.63, 3.8) is 0 Å². The van der Waals surface area contributed by atoms with E-state index in [1.807, 2.05) is 12.1 Å². The van der Waals surface area contributed by atoms with Crippen molar-refractivity contribution in [1.29, 1.82) is 0 Å². The van der Waals surface area contributed by atoms with Crippen molar-refractivity contribution in [2.24, 2.45) is 29.6 Å². The van der Waals surface area contributed by atoms with Gasteiger partial charge in [-0.25, -0.2) is 0 Å². The summed E-state index contributed by atoms with van der Waals surface area (Å²) in [6.07, 6.45) is 22.6. The molecule has 0 unspecified atom stereocenters. The number of carbonyl (C=O) groups excluding carboxylic acids is 1. The van der Waals surface area contributed by atoms with E-state index < -0.39 is 0 Å². The number of unbranched alkanes of at least 4 members (excludes halogenated alkanes) is 1. The van der Waals surface area contributed by atoms with Gasteiger partial charge in [-0.2, -0.15) is 0 Å². The molecule has 3 aliphatic rings. The van der Waals surface area contributed by atoms with Crippen LogP contribution < -0.4 is 4.74 Å². The lowest BCUT2D eigenvalue weighted by atomic mass is 9.68. The van der Waals surface area contributed by atoms with E-state index in [2.05, 4.69) is 26.0 Å². The molecule has 190 valence electrons. The van der Waals surface area contributed by atoms with Crippen molar-refractivity contribution in [2.45, 2.75) is 129 Å². The highest BCUT2D eigenvalue weighted by Gasteiger charge is 2.31. The number of ether oxygens (including phenoxy) is 1. The normalized spacial score (nSPS) is 32.3. The summed E-state index contributed by atoms with van der Waals surface area (Å²) in [5.74, 6) is 5.34. The Morgan fingerprint density at radius 3 is 1.85 bits per heavy atom. The summed E-state index contributed by atoms with van der Waals surface area (Å²) in [5.41, 5.74) is 1.45. The summed E-state index contributed by atoms with van der Waals surface area (Å²) in [6, 6.07) is 8.54. The maximum absolute atomic E-state index is 12.7. The summed E-state index contributed by atoms with van der Waals surface area (Å²) in [7, 11) is 0. The first-order valence-corrected chi connectivity index (χ1v) is 15.0. The van der Waals surface area contributed by atoms with Gasteiger partial charge in [-0.15, -0.1) is 0 Å². The molecule has 1 aromatic rings. The van der Waals surface area contributed by atoms with Gasteiger partial charge in [-0.3, -0.25) is 4.79 Å². The molecule has 1 aromatic carbocycles. The van der Waals surface area contributed by atoms with Crippen LogP contribution in [0.2, 0.25) is 0 Å². The van der Waals surface area contributed by atoms with Crippen LogP contribution in [0.25, 0.3) is 0 Å². The van der Waals surface area contributed by atoms with Crippen LogP contribution in [0.15, 0.2) is 24.3 Å². The quantitative estimate of drug-likeness (QED) is 0.267. The van der Waals surface area contributed by atoms with Gasteiger partial charge in [-0.1, -0.05) is 70.9 Å². The average Bonchev–Trinajstić information content (AvgIpc) is 2.89. The van der Waals surface area contributed by atoms with Gasteiger partial charge in [0.25, 0.3) is 0 Å². The van der Waals surface area contributed by atoms with E-state index in [1.54, 1.807) is 0 Å². The Bertz CT molecular complexity index is 714. The SMILES string of the molecule is CCCC[C@H]1CC[C@H](C(=O)Oc2ccc([C@H]3CC[C@H]([C@H]4CC[C@H](CCC)CC4)CC3)cc2)CC1. The van der Waals surface area contributed by atoms with Crippen LogP contribution >= 0.6 is 0 Å². The topological polar surface area (TPSA) is 26.3 Å². The second-order valence-corrected chi connectivity index (χ2v) is 12.0. The first-order chi connectivity index (χ1) is 16.7. The predicted molar refractivity (Wildman–Crippen MR) is 142 cm³/mol. The van der Waals surface area contributed by atoms with Gasteiger partial charge < -0.3 is 4.74 Å². The van der Waals surface area contributed by atoms with Gasteiger partial charge in [0.2, 0.25) is 0 Å². The molecule has 0 aliphatic heterocycles. The van der Waals surface area contributed by atoms with Gasteiger partial charge >= 0.3 is 5.97 Å². The van der Waals surface area contributed by atoms with E-state index in [9.17, 15) is 4.79 Å². The minimum Gasteiger partial charge on any atom is -0.426 e. The standard InChI is InChI=1S/C32H50O2/c1-3-5-7-25-10-14-30(15-11-25)32(33)34-31-22-20-29(21-23-31)28-18-16-27(17-19-28)26-12-8-24(6-4-2)9-13-26/h20-28,30H,3-19H2,1-2H3/t24-,25-,26-,27-,28-,30-. The number of benzene rings is 1. The first kappa shape index (κ1) is 25.8. The highest BCUT2D eigenvalue weighted by Crippen LogP contribution is 2.44. The van der Waals surface area contributed by atoms with Crippen LogP contribution in [0, 0.1) is 29.6 Å². The molecule has 2 heteroatoms. The molecule has 0 atom stereocenters. The largest absolute Gasteiger partial charge is 0.426 e. The highest BCUT2D eigenvalue weighted by molar-refractivity contribution is 5.75. The Hall–Kier alpha value is -1.31. The van der Waals surface area contributed by atoms with Crippen molar-refractivity contribution < 1.29 is 9.53 Å². The van der Waals surface area contributed by atoms with Crippen molar-refractivity contribution >= 4 is 5.97 Å². The molecule has 0 amide bonds. The number of hydrogen-bond acceptors (Lipinski definition) is 2. The zero-order valence-corrected chi connectivity index (χ0v) is 22.1. The van der Waals surface area contributed by atoms with Crippen molar-refractivity contribution in [2.75, 3.05) is 0 Å². The summed E-state index contributed by atoms with van der Waals surface area (Å²) < 4.78 is 5.80. The van der Waals surface area contributed by atoms with E-state index in [-0.39, 0.29) is 11.9 Å². The predicted octanol–water partition coefficient (Wildman–Crippen LogP) is 9.47. The molecule has 4 rings (SSSR count). The third-order valence-electron chi connectivity index (χ3n) is 9.74. The Kier molecular flexibility index (Phi) is 9.95. The number of rotatable bonds is 9. The first-order valence-electron chi connectivity index (χ1n) is 15.0. The van der Waals surface area contributed by atoms with Gasteiger partial charge in [0.15, 0.2) is 0 Å². The molecule has 0 bridgehead atoms. The Morgan fingerprint density at radius 1 is 0.706 bits per heavy atom. The molecule has 0 N–H and O–H groups in total. The monoisotopic (exact) mass is 466 g/mol. The maximum Gasteiger partial charge on any atom is 0.314 e. The molecule has 0 radical (unpaired) electrons. The minimum absolute atomic E-state index is 0.00384. The molecule has 3 saturated carbocycles. The number of esters is 1. The van der Waals surface area contributed by atoms with Crippen LogP contribution in [0.5, 0.6) is 5.75 Å². The molecular formula is C32H50O2. The van der Waals surface area contributed by atoms with Gasteiger partial charge in [0.1, 0.15) is 5.75 Å². The van der Waals surface area contributed by atoms with E-state index in [1.165, 1.54) is 102 Å². The molecule has 0 spiro atoms. The van der Waals surface area contributed by atoms with Crippen LogP contribution in [-0.4, -0.2) is 5.97 Å². The zero-order chi connectivity index (χ0) is 23.8. The summed E-state index contributed by atoms with van der Waals surface area (Å²) >= 11 is 0. The van der Waals surface area contributed by atoms with E-state index in [4.69, 9.17) is 4.74 Å². The lowest BCUT2D eigenvalue weighted by molar-refractivity contribution is -0.140. The molecule has 3 fully saturated rings. The van der Waals surface area contributed by atoms with Crippen molar-refractivity contribution in [1.82, 2.24) is 0 Å². The molecule has 34 heavy (non-hydrogen) atoms. The third kappa shape index (κ3) is 7.11. The van der Waals surface area contributed by atoms with Gasteiger partial charge in [0.05, 0.1) is 5.92 Å². The van der Waals surface area contributed by atoms with E-state index in [0.29, 0.717) is 5.92 Å². The smallest absolute Gasteiger partial charge is 0.314 e. The summed E-state index contributed by atoms with van der Waals surface area (Å²) in [5, 5.41) is 0. The molecule has 3 aliphatic carbocycles. The maximum atomic E-state index is 12.7. The molecule has 0 heterocycles. The Balaban J connectivity index is 1.18. The van der Waals surface area contributed by atoms with E-state index >= 15 is 0 Å². The van der Waals surface area contributed by atoms with Crippen molar-refractivity contribution in [3.8, 4) is 5.75 Å². The molecular weight excluding hydrogens is 416 g/mol. The summed E-state index contributed by atoms with van der Waals surface area (Å²) in [6.45, 7) is 4.60. The third-order valence-corrected chi connectivity index (χ3v) is 9.74. The van der Waals surface area contributed by atoms with Gasteiger partial charge in [-0.05, 0) is 111 Å². The van der Waals surface area contributed by atoms with E-state index in [0.717, 1.165) is 42.3 Å². The van der Waals surface area contributed by atoms with Crippen LogP contribution in [0.1, 0.15) is 134 Å². The molecule has 0 aromatic heterocycles. The number of carbonyl (C=O) groups is 1. The second-order valence-electron chi connectivity index (χ2n) is 12.0. The fourth-order valence-corrected chi connectivity index (χ4v) is 7.47. The van der Waals surface area contributed by atoms with Crippen LogP contribution in [-0.2, 0) is 4.79 Å². The fraction of sp³-hybridized carbons (Fsp3) is 0.781. The Labute approximate surface area is 209 Å². The summed E-state index contributed by atoms with van der Waals surface area (Å²) in [4.78, 5) is 12.7. The molecule has 0 saturated heterocycles. The zero-order valence-electron chi connectivity index (χ0n) is 22.1.